The SMILES string of the molecule is CC1=CC(C)(C)NC(=S)N1c1ccc(F)c(Cl)c1. The van der Waals surface area contributed by atoms with Crippen molar-refractivity contribution in [3.63, 3.8) is 0 Å². The molecule has 0 radical (unpaired) electrons. The van der Waals surface area contributed by atoms with Gasteiger partial charge in [0.05, 0.1) is 10.6 Å². The monoisotopic (exact) mass is 284 g/mol. The van der Waals surface area contributed by atoms with Crippen LogP contribution in [0.3, 0.4) is 0 Å². The van der Waals surface area contributed by atoms with E-state index in [1.807, 2.05) is 25.7 Å². The first-order valence-electron chi connectivity index (χ1n) is 5.57. The summed E-state index contributed by atoms with van der Waals surface area (Å²) in [6.45, 7) is 6.04. The second-order valence-corrected chi connectivity index (χ2v) is 5.67. The highest BCUT2D eigenvalue weighted by Gasteiger charge is 2.27. The van der Waals surface area contributed by atoms with E-state index in [-0.39, 0.29) is 10.6 Å². The van der Waals surface area contributed by atoms with Crippen molar-refractivity contribution < 1.29 is 4.39 Å². The number of rotatable bonds is 1. The summed E-state index contributed by atoms with van der Waals surface area (Å²) in [6, 6.07) is 4.57. The number of halogens is 2. The van der Waals surface area contributed by atoms with Gasteiger partial charge in [-0.15, -0.1) is 0 Å². The molecule has 0 saturated carbocycles. The Hall–Kier alpha value is -1.13. The van der Waals surface area contributed by atoms with Gasteiger partial charge in [0.1, 0.15) is 5.82 Å². The van der Waals surface area contributed by atoms with Crippen LogP contribution < -0.4 is 10.2 Å². The minimum atomic E-state index is -0.432. The van der Waals surface area contributed by atoms with Gasteiger partial charge in [0, 0.05) is 11.4 Å². The number of benzene rings is 1. The summed E-state index contributed by atoms with van der Waals surface area (Å²) in [5.41, 5.74) is 1.57. The maximum Gasteiger partial charge on any atom is 0.178 e. The van der Waals surface area contributed by atoms with Crippen LogP contribution in [0.5, 0.6) is 0 Å². The lowest BCUT2D eigenvalue weighted by molar-refractivity contribution is 0.559. The summed E-state index contributed by atoms with van der Waals surface area (Å²) in [6.07, 6.45) is 2.07. The van der Waals surface area contributed by atoms with Crippen molar-refractivity contribution in [2.45, 2.75) is 26.3 Å². The Balaban J connectivity index is 2.44. The van der Waals surface area contributed by atoms with Crippen molar-refractivity contribution in [2.75, 3.05) is 4.90 Å². The predicted octanol–water partition coefficient (Wildman–Crippen LogP) is 3.86. The van der Waals surface area contributed by atoms with E-state index in [0.717, 1.165) is 11.4 Å². The van der Waals surface area contributed by atoms with Gasteiger partial charge in [0.2, 0.25) is 0 Å². The van der Waals surface area contributed by atoms with Gasteiger partial charge in [-0.3, -0.25) is 4.90 Å². The second kappa shape index (κ2) is 4.52. The lowest BCUT2D eigenvalue weighted by atomic mass is 10.0. The third kappa shape index (κ3) is 2.49. The Morgan fingerprint density at radius 3 is 2.61 bits per heavy atom. The maximum atomic E-state index is 13.2. The zero-order chi connectivity index (χ0) is 13.5. The average molecular weight is 285 g/mol. The first-order valence-corrected chi connectivity index (χ1v) is 6.35. The number of hydrogen-bond acceptors (Lipinski definition) is 1. The third-order valence-corrected chi connectivity index (χ3v) is 3.29. The van der Waals surface area contributed by atoms with Crippen LogP contribution in [0.2, 0.25) is 5.02 Å². The van der Waals surface area contributed by atoms with Crippen LogP contribution in [-0.4, -0.2) is 10.7 Å². The summed E-state index contributed by atoms with van der Waals surface area (Å²) < 4.78 is 13.2. The Morgan fingerprint density at radius 2 is 2.06 bits per heavy atom. The van der Waals surface area contributed by atoms with Gasteiger partial charge in [0.15, 0.2) is 5.11 Å². The summed E-state index contributed by atoms with van der Waals surface area (Å²) in [7, 11) is 0. The van der Waals surface area contributed by atoms with Crippen molar-refractivity contribution in [3.8, 4) is 0 Å². The lowest BCUT2D eigenvalue weighted by Crippen LogP contribution is -2.53. The topological polar surface area (TPSA) is 15.3 Å². The minimum absolute atomic E-state index is 0.0907. The molecule has 0 aromatic heterocycles. The molecule has 0 amide bonds. The largest absolute Gasteiger partial charge is 0.354 e. The highest BCUT2D eigenvalue weighted by molar-refractivity contribution is 7.80. The van der Waals surface area contributed by atoms with E-state index in [1.54, 1.807) is 12.1 Å². The first kappa shape index (κ1) is 13.3. The maximum absolute atomic E-state index is 13.2. The number of nitrogens with zero attached hydrogens (tertiary/aromatic N) is 1. The second-order valence-electron chi connectivity index (χ2n) is 4.87. The molecule has 0 fully saturated rings. The molecular weight excluding hydrogens is 271 g/mol. The molecule has 1 N–H and O–H groups in total. The molecule has 1 aromatic carbocycles. The predicted molar refractivity (Wildman–Crippen MR) is 77.5 cm³/mol. The zero-order valence-corrected chi connectivity index (χ0v) is 12.0. The van der Waals surface area contributed by atoms with Gasteiger partial charge in [-0.1, -0.05) is 11.6 Å². The van der Waals surface area contributed by atoms with Crippen LogP contribution in [0, 0.1) is 5.82 Å². The molecular formula is C13H14ClFN2S. The Morgan fingerprint density at radius 1 is 1.39 bits per heavy atom. The number of hydrogen-bond donors (Lipinski definition) is 1. The number of thiocarbonyl (C=S) groups is 1. The fourth-order valence-electron chi connectivity index (χ4n) is 2.06. The van der Waals surface area contributed by atoms with Crippen molar-refractivity contribution in [2.24, 2.45) is 0 Å². The summed E-state index contributed by atoms with van der Waals surface area (Å²) in [5.74, 6) is -0.432. The van der Waals surface area contributed by atoms with E-state index < -0.39 is 5.82 Å². The van der Waals surface area contributed by atoms with E-state index in [4.69, 9.17) is 23.8 Å². The van der Waals surface area contributed by atoms with E-state index in [0.29, 0.717) is 5.11 Å². The Labute approximate surface area is 116 Å². The molecule has 0 bridgehead atoms. The molecule has 2 rings (SSSR count). The molecule has 5 heteroatoms. The molecule has 0 saturated heterocycles. The molecule has 1 aliphatic rings. The van der Waals surface area contributed by atoms with E-state index in [1.165, 1.54) is 6.07 Å². The fourth-order valence-corrected chi connectivity index (χ4v) is 2.75. The average Bonchev–Trinajstić information content (AvgIpc) is 2.20. The lowest BCUT2D eigenvalue weighted by Gasteiger charge is -2.38. The molecule has 1 aliphatic heterocycles. The quantitative estimate of drug-likeness (QED) is 0.789. The van der Waals surface area contributed by atoms with Gasteiger partial charge < -0.3 is 5.32 Å². The minimum Gasteiger partial charge on any atom is -0.354 e. The van der Waals surface area contributed by atoms with E-state index >= 15 is 0 Å². The normalized spacial score (nSPS) is 18.4. The molecule has 96 valence electrons. The highest BCUT2D eigenvalue weighted by Crippen LogP contribution is 2.28. The molecule has 18 heavy (non-hydrogen) atoms. The first-order chi connectivity index (χ1) is 8.30. The van der Waals surface area contributed by atoms with Crippen LogP contribution in [0.4, 0.5) is 10.1 Å². The molecule has 0 aliphatic carbocycles. The van der Waals surface area contributed by atoms with Gasteiger partial charge in [-0.2, -0.15) is 0 Å². The molecule has 0 unspecified atom stereocenters. The highest BCUT2D eigenvalue weighted by atomic mass is 35.5. The van der Waals surface area contributed by atoms with Crippen LogP contribution >= 0.6 is 23.8 Å². The summed E-state index contributed by atoms with van der Waals surface area (Å²) in [4.78, 5) is 1.84. The Bertz CT molecular complexity index is 540. The molecule has 2 nitrogen and oxygen atoms in total. The van der Waals surface area contributed by atoms with Gasteiger partial charge in [0.25, 0.3) is 0 Å². The third-order valence-electron chi connectivity index (χ3n) is 2.72. The van der Waals surface area contributed by atoms with Gasteiger partial charge in [-0.05, 0) is 57.3 Å². The van der Waals surface area contributed by atoms with E-state index in [2.05, 4.69) is 11.4 Å². The van der Waals surface area contributed by atoms with Crippen molar-refractivity contribution in [3.05, 3.63) is 40.8 Å². The number of allylic oxidation sites excluding steroid dienone is 1. The van der Waals surface area contributed by atoms with E-state index in [9.17, 15) is 4.39 Å². The smallest absolute Gasteiger partial charge is 0.178 e. The van der Waals surface area contributed by atoms with Crippen LogP contribution in [-0.2, 0) is 0 Å². The van der Waals surface area contributed by atoms with Gasteiger partial charge >= 0.3 is 0 Å². The summed E-state index contributed by atoms with van der Waals surface area (Å²) >= 11 is 11.1. The van der Waals surface area contributed by atoms with Crippen LogP contribution in [0.1, 0.15) is 20.8 Å². The van der Waals surface area contributed by atoms with Crippen LogP contribution in [0.25, 0.3) is 0 Å². The Kier molecular flexibility index (Phi) is 3.34. The zero-order valence-electron chi connectivity index (χ0n) is 10.4. The number of nitrogens with one attached hydrogen (secondary N) is 1. The van der Waals surface area contributed by atoms with Crippen LogP contribution in [0.15, 0.2) is 30.0 Å². The number of anilines is 1. The molecule has 1 heterocycles. The van der Waals surface area contributed by atoms with Crippen molar-refractivity contribution >= 4 is 34.6 Å². The molecule has 0 spiro atoms. The summed E-state index contributed by atoms with van der Waals surface area (Å²) in [5, 5.41) is 3.89. The fraction of sp³-hybridized carbons (Fsp3) is 0.308. The van der Waals surface area contributed by atoms with Crippen molar-refractivity contribution in [1.82, 2.24) is 5.32 Å². The molecule has 1 aromatic rings. The standard InChI is InChI=1S/C13H14ClFN2S/c1-8-7-13(2,3)16-12(18)17(8)9-4-5-11(15)10(14)6-9/h4-7H,1-3H3,(H,16,18). The van der Waals surface area contributed by atoms with Crippen molar-refractivity contribution in [1.29, 1.82) is 0 Å². The van der Waals surface area contributed by atoms with Gasteiger partial charge in [-0.25, -0.2) is 4.39 Å². The molecule has 0 atom stereocenters.